The number of aryl methyl sites for hydroxylation is 3. The van der Waals surface area contributed by atoms with Crippen molar-refractivity contribution in [1.82, 2.24) is 9.97 Å². The van der Waals surface area contributed by atoms with Gasteiger partial charge in [0.25, 0.3) is 0 Å². The first-order chi connectivity index (χ1) is 6.18. The lowest BCUT2D eigenvalue weighted by Gasteiger charge is -1.89. The average molecular weight is 209 g/mol. The van der Waals surface area contributed by atoms with E-state index in [1.165, 1.54) is 16.2 Å². The molecular weight excluding hydrogens is 200 g/mol. The fourth-order valence-corrected chi connectivity index (χ4v) is 2.79. The zero-order valence-electron chi connectivity index (χ0n) is 7.71. The van der Waals surface area contributed by atoms with Crippen LogP contribution in [0.3, 0.4) is 0 Å². The summed E-state index contributed by atoms with van der Waals surface area (Å²) >= 11 is 3.26. The molecule has 0 aliphatic heterocycles. The van der Waals surface area contributed by atoms with Crippen LogP contribution in [0.25, 0.3) is 9.88 Å². The summed E-state index contributed by atoms with van der Waals surface area (Å²) in [5.74, 6) is 0. The van der Waals surface area contributed by atoms with E-state index in [0.29, 0.717) is 0 Å². The molecule has 2 nitrogen and oxygen atoms in total. The Morgan fingerprint density at radius 1 is 1.15 bits per heavy atom. The molecule has 0 spiro atoms. The van der Waals surface area contributed by atoms with Crippen LogP contribution in [0.4, 0.5) is 0 Å². The maximum Gasteiger partial charge on any atom is 0.153 e. The van der Waals surface area contributed by atoms with Gasteiger partial charge >= 0.3 is 0 Å². The summed E-state index contributed by atoms with van der Waals surface area (Å²) in [7, 11) is 0. The van der Waals surface area contributed by atoms with Crippen LogP contribution in [0.15, 0.2) is 0 Å². The van der Waals surface area contributed by atoms with Crippen molar-refractivity contribution in [2.75, 3.05) is 0 Å². The first-order valence-corrected chi connectivity index (χ1v) is 5.59. The molecule has 2 rings (SSSR count). The topological polar surface area (TPSA) is 25.8 Å². The molecule has 0 fully saturated rings. The summed E-state index contributed by atoms with van der Waals surface area (Å²) in [6, 6.07) is 0. The minimum absolute atomic E-state index is 1.03. The zero-order valence-corrected chi connectivity index (χ0v) is 9.34. The highest BCUT2D eigenvalue weighted by Gasteiger charge is 2.10. The van der Waals surface area contributed by atoms with Crippen LogP contribution >= 0.6 is 22.7 Å². The largest absolute Gasteiger partial charge is 0.240 e. The molecule has 4 heteroatoms. The molecule has 2 heterocycles. The first-order valence-electron chi connectivity index (χ1n) is 3.96. The van der Waals surface area contributed by atoms with Crippen molar-refractivity contribution in [1.29, 1.82) is 0 Å². The highest BCUT2D eigenvalue weighted by Crippen LogP contribution is 2.31. The maximum atomic E-state index is 4.48. The van der Waals surface area contributed by atoms with Crippen LogP contribution in [-0.2, 0) is 0 Å². The number of rotatable bonds is 1. The van der Waals surface area contributed by atoms with Gasteiger partial charge < -0.3 is 0 Å². The molecule has 0 bridgehead atoms. The molecule has 0 aliphatic rings. The Kier molecular flexibility index (Phi) is 2.17. The SMILES string of the molecule is Cc1nc(-c2s[c]nc2C)sc1C. The van der Waals surface area contributed by atoms with Crippen molar-refractivity contribution in [2.45, 2.75) is 20.8 Å². The zero-order chi connectivity index (χ0) is 9.42. The Morgan fingerprint density at radius 3 is 2.38 bits per heavy atom. The van der Waals surface area contributed by atoms with Gasteiger partial charge in [-0.05, 0) is 20.8 Å². The molecule has 0 N–H and O–H groups in total. The lowest BCUT2D eigenvalue weighted by atomic mass is 10.4. The van der Waals surface area contributed by atoms with Gasteiger partial charge in [-0.2, -0.15) is 0 Å². The van der Waals surface area contributed by atoms with E-state index in [9.17, 15) is 0 Å². The molecule has 0 aromatic carbocycles. The van der Waals surface area contributed by atoms with Gasteiger partial charge in [-0.3, -0.25) is 0 Å². The highest BCUT2D eigenvalue weighted by molar-refractivity contribution is 7.20. The molecule has 0 amide bonds. The predicted molar refractivity (Wildman–Crippen MR) is 56.3 cm³/mol. The molecule has 2 aromatic rings. The Balaban J connectivity index is 2.53. The van der Waals surface area contributed by atoms with Gasteiger partial charge in [0.05, 0.1) is 16.3 Å². The molecule has 13 heavy (non-hydrogen) atoms. The first kappa shape index (κ1) is 8.84. The van der Waals surface area contributed by atoms with Crippen molar-refractivity contribution < 1.29 is 0 Å². The standard InChI is InChI=1S/C9H9N2S2/c1-5-7(3)13-9(11-5)8-6(2)10-4-12-8/h1-3H3. The Morgan fingerprint density at radius 2 is 1.92 bits per heavy atom. The van der Waals surface area contributed by atoms with Crippen LogP contribution in [0.5, 0.6) is 0 Å². The third kappa shape index (κ3) is 1.51. The Bertz CT molecular complexity index is 409. The van der Waals surface area contributed by atoms with Gasteiger partial charge in [0.15, 0.2) is 5.51 Å². The lowest BCUT2D eigenvalue weighted by Crippen LogP contribution is -1.77. The van der Waals surface area contributed by atoms with Gasteiger partial charge in [-0.15, -0.1) is 22.7 Å². The minimum Gasteiger partial charge on any atom is -0.240 e. The molecule has 67 valence electrons. The average Bonchev–Trinajstić information content (AvgIpc) is 2.60. The van der Waals surface area contributed by atoms with E-state index in [0.717, 1.165) is 21.3 Å². The van der Waals surface area contributed by atoms with Gasteiger partial charge in [0.2, 0.25) is 0 Å². The van der Waals surface area contributed by atoms with Gasteiger partial charge in [-0.1, -0.05) is 0 Å². The molecule has 0 saturated carbocycles. The summed E-state index contributed by atoms with van der Waals surface area (Å²) in [5.41, 5.74) is 5.03. The third-order valence-electron chi connectivity index (χ3n) is 1.91. The second-order valence-corrected chi connectivity index (χ2v) is 4.88. The second-order valence-electron chi connectivity index (χ2n) is 2.88. The molecular formula is C9H9N2S2. The summed E-state index contributed by atoms with van der Waals surface area (Å²) < 4.78 is 0. The monoisotopic (exact) mass is 209 g/mol. The molecule has 0 aliphatic carbocycles. The van der Waals surface area contributed by atoms with Crippen molar-refractivity contribution >= 4 is 22.7 Å². The number of aromatic nitrogens is 2. The van der Waals surface area contributed by atoms with E-state index in [4.69, 9.17) is 0 Å². The van der Waals surface area contributed by atoms with Crippen LogP contribution in [0.2, 0.25) is 0 Å². The second kappa shape index (κ2) is 3.20. The van der Waals surface area contributed by atoms with E-state index < -0.39 is 0 Å². The summed E-state index contributed by atoms with van der Waals surface area (Å²) in [5, 5.41) is 1.08. The van der Waals surface area contributed by atoms with Crippen LogP contribution in [0, 0.1) is 26.3 Å². The van der Waals surface area contributed by atoms with Crippen LogP contribution in [0.1, 0.15) is 16.3 Å². The van der Waals surface area contributed by atoms with E-state index in [2.05, 4.69) is 22.4 Å². The van der Waals surface area contributed by atoms with Gasteiger partial charge in [0, 0.05) is 4.88 Å². The number of nitrogens with zero attached hydrogens (tertiary/aromatic N) is 2. The van der Waals surface area contributed by atoms with E-state index >= 15 is 0 Å². The van der Waals surface area contributed by atoms with Gasteiger partial charge in [0.1, 0.15) is 5.01 Å². The highest BCUT2D eigenvalue weighted by atomic mass is 32.1. The molecule has 0 unspecified atom stereocenters. The fourth-order valence-electron chi connectivity index (χ4n) is 1.03. The number of hydrogen-bond donors (Lipinski definition) is 0. The summed E-state index contributed by atoms with van der Waals surface area (Å²) in [4.78, 5) is 11.0. The fraction of sp³-hybridized carbons (Fsp3) is 0.333. The van der Waals surface area contributed by atoms with E-state index in [1.807, 2.05) is 13.8 Å². The molecule has 2 aromatic heterocycles. The lowest BCUT2D eigenvalue weighted by molar-refractivity contribution is 1.22. The molecule has 0 saturated heterocycles. The van der Waals surface area contributed by atoms with Crippen molar-refractivity contribution in [3.8, 4) is 9.88 Å². The third-order valence-corrected chi connectivity index (χ3v) is 4.01. The predicted octanol–water partition coefficient (Wildman–Crippen LogP) is 2.99. The Labute approximate surface area is 85.3 Å². The number of hydrogen-bond acceptors (Lipinski definition) is 4. The maximum absolute atomic E-state index is 4.48. The Hall–Kier alpha value is -0.740. The summed E-state index contributed by atoms with van der Waals surface area (Å²) in [6.07, 6.45) is 0. The van der Waals surface area contributed by atoms with Crippen molar-refractivity contribution in [2.24, 2.45) is 0 Å². The number of thiazole rings is 2. The van der Waals surface area contributed by atoms with Crippen molar-refractivity contribution in [3.05, 3.63) is 21.8 Å². The molecule has 1 radical (unpaired) electrons. The summed E-state index contributed by atoms with van der Waals surface area (Å²) in [6.45, 7) is 6.13. The van der Waals surface area contributed by atoms with Crippen LogP contribution < -0.4 is 0 Å². The normalized spacial score (nSPS) is 10.7. The van der Waals surface area contributed by atoms with Crippen molar-refractivity contribution in [3.63, 3.8) is 0 Å². The quantitative estimate of drug-likeness (QED) is 0.721. The van der Waals surface area contributed by atoms with Crippen LogP contribution in [-0.4, -0.2) is 9.97 Å². The van der Waals surface area contributed by atoms with E-state index in [1.54, 1.807) is 11.3 Å². The van der Waals surface area contributed by atoms with Gasteiger partial charge in [-0.25, -0.2) is 9.97 Å². The smallest absolute Gasteiger partial charge is 0.153 e. The minimum atomic E-state index is 1.03. The molecule has 0 atom stereocenters. The van der Waals surface area contributed by atoms with E-state index in [-0.39, 0.29) is 0 Å².